The van der Waals surface area contributed by atoms with Gasteiger partial charge in [0, 0.05) is 6.42 Å². The fourth-order valence-electron chi connectivity index (χ4n) is 1.69. The summed E-state index contributed by atoms with van der Waals surface area (Å²) >= 11 is 0. The van der Waals surface area contributed by atoms with E-state index < -0.39 is 0 Å². The van der Waals surface area contributed by atoms with Crippen LogP contribution in [0.3, 0.4) is 0 Å². The number of terminal acetylenes is 1. The Balaban J connectivity index is 2.25. The molecule has 0 radical (unpaired) electrons. The first kappa shape index (κ1) is 11.9. The van der Waals surface area contributed by atoms with Gasteiger partial charge in [-0.05, 0) is 44.3 Å². The van der Waals surface area contributed by atoms with Crippen molar-refractivity contribution in [3.63, 3.8) is 0 Å². The summed E-state index contributed by atoms with van der Waals surface area (Å²) in [5.74, 6) is 2.68. The van der Waals surface area contributed by atoms with Crippen molar-refractivity contribution < 1.29 is 0 Å². The average Bonchev–Trinajstić information content (AvgIpc) is 2.66. The molecule has 0 aliphatic heterocycles. The van der Waals surface area contributed by atoms with E-state index in [0.29, 0.717) is 0 Å². The largest absolute Gasteiger partial charge is 0.120 e. The summed E-state index contributed by atoms with van der Waals surface area (Å²) < 4.78 is 0. The van der Waals surface area contributed by atoms with Gasteiger partial charge in [-0.25, -0.2) is 0 Å². The minimum Gasteiger partial charge on any atom is -0.120 e. The molecular weight excluding hydrogens is 180 g/mol. The highest BCUT2D eigenvalue weighted by Gasteiger charge is 2.02. The van der Waals surface area contributed by atoms with E-state index in [1.165, 1.54) is 42.4 Å². The van der Waals surface area contributed by atoms with Crippen molar-refractivity contribution in [1.82, 2.24) is 0 Å². The maximum Gasteiger partial charge on any atom is 0.00860 e. The highest BCUT2D eigenvalue weighted by atomic mass is 14.1. The van der Waals surface area contributed by atoms with Crippen LogP contribution < -0.4 is 0 Å². The molecule has 80 valence electrons. The Morgan fingerprint density at radius 1 is 1.20 bits per heavy atom. The molecule has 0 aromatic carbocycles. The van der Waals surface area contributed by atoms with Crippen molar-refractivity contribution in [2.24, 2.45) is 0 Å². The third kappa shape index (κ3) is 4.21. The standard InChI is InChI=1S/C15H20/c1-4-5-6-7-8-9-14-10-11-15(12-14)13(2)3/h1,10-12H,5-9H2,2-3H3. The predicted molar refractivity (Wildman–Crippen MR) is 67.5 cm³/mol. The molecule has 0 N–H and O–H groups in total. The minimum atomic E-state index is 0.925. The fraction of sp³-hybridized carbons (Fsp3) is 0.467. The summed E-state index contributed by atoms with van der Waals surface area (Å²) in [7, 11) is 0. The van der Waals surface area contributed by atoms with Crippen LogP contribution in [0.15, 0.2) is 34.9 Å². The summed E-state index contributed by atoms with van der Waals surface area (Å²) in [6, 6.07) is 0. The molecule has 0 nitrogen and oxygen atoms in total. The first-order valence-corrected chi connectivity index (χ1v) is 5.73. The molecule has 0 aromatic heterocycles. The van der Waals surface area contributed by atoms with Crippen LogP contribution in [0, 0.1) is 12.3 Å². The SMILES string of the molecule is C#CCCCCCC1=CC(=C(C)C)C=C1. The lowest BCUT2D eigenvalue weighted by Crippen LogP contribution is -1.80. The van der Waals surface area contributed by atoms with Crippen LogP contribution in [-0.2, 0) is 0 Å². The monoisotopic (exact) mass is 200 g/mol. The molecule has 0 saturated heterocycles. The zero-order valence-corrected chi connectivity index (χ0v) is 9.84. The van der Waals surface area contributed by atoms with Crippen molar-refractivity contribution in [2.45, 2.75) is 46.0 Å². The van der Waals surface area contributed by atoms with E-state index in [1.54, 1.807) is 0 Å². The molecule has 15 heavy (non-hydrogen) atoms. The van der Waals surface area contributed by atoms with Crippen LogP contribution in [-0.4, -0.2) is 0 Å². The predicted octanol–water partition coefficient (Wildman–Crippen LogP) is 4.40. The molecule has 0 saturated carbocycles. The van der Waals surface area contributed by atoms with Gasteiger partial charge in [-0.15, -0.1) is 12.3 Å². The Labute approximate surface area is 93.8 Å². The normalized spacial score (nSPS) is 13.9. The molecule has 0 unspecified atom stereocenters. The number of allylic oxidation sites excluding steroid dienone is 6. The highest BCUT2D eigenvalue weighted by Crippen LogP contribution is 2.22. The van der Waals surface area contributed by atoms with Crippen molar-refractivity contribution in [3.05, 3.63) is 34.9 Å². The van der Waals surface area contributed by atoms with Gasteiger partial charge in [-0.1, -0.05) is 30.2 Å². The van der Waals surface area contributed by atoms with Crippen molar-refractivity contribution >= 4 is 0 Å². The molecule has 0 heteroatoms. The summed E-state index contributed by atoms with van der Waals surface area (Å²) in [6.07, 6.45) is 17.8. The third-order valence-corrected chi connectivity index (χ3v) is 2.68. The van der Waals surface area contributed by atoms with Crippen LogP contribution in [0.5, 0.6) is 0 Å². The zero-order valence-electron chi connectivity index (χ0n) is 9.84. The van der Waals surface area contributed by atoms with Crippen LogP contribution in [0.2, 0.25) is 0 Å². The second kappa shape index (κ2) is 6.30. The van der Waals surface area contributed by atoms with E-state index in [2.05, 4.69) is 38.0 Å². The van der Waals surface area contributed by atoms with E-state index >= 15 is 0 Å². The summed E-state index contributed by atoms with van der Waals surface area (Å²) in [6.45, 7) is 4.32. The molecule has 0 fully saturated rings. The van der Waals surface area contributed by atoms with Crippen LogP contribution in [0.25, 0.3) is 0 Å². The van der Waals surface area contributed by atoms with Crippen molar-refractivity contribution in [1.29, 1.82) is 0 Å². The van der Waals surface area contributed by atoms with Gasteiger partial charge in [0.25, 0.3) is 0 Å². The van der Waals surface area contributed by atoms with Gasteiger partial charge < -0.3 is 0 Å². The molecule has 1 rings (SSSR count). The van der Waals surface area contributed by atoms with E-state index in [4.69, 9.17) is 6.42 Å². The van der Waals surface area contributed by atoms with Gasteiger partial charge in [-0.2, -0.15) is 0 Å². The second-order valence-electron chi connectivity index (χ2n) is 4.27. The van der Waals surface area contributed by atoms with Gasteiger partial charge in [-0.3, -0.25) is 0 Å². The lowest BCUT2D eigenvalue weighted by Gasteiger charge is -1.98. The van der Waals surface area contributed by atoms with Crippen molar-refractivity contribution in [3.8, 4) is 12.3 Å². The molecule has 1 aliphatic carbocycles. The molecule has 1 aliphatic rings. The van der Waals surface area contributed by atoms with Crippen molar-refractivity contribution in [2.75, 3.05) is 0 Å². The summed E-state index contributed by atoms with van der Waals surface area (Å²) in [5, 5.41) is 0. The Bertz CT molecular complexity index is 328. The van der Waals surface area contributed by atoms with E-state index in [9.17, 15) is 0 Å². The number of rotatable bonds is 5. The molecule has 0 aromatic rings. The van der Waals surface area contributed by atoms with Gasteiger partial charge in [0.1, 0.15) is 0 Å². The third-order valence-electron chi connectivity index (χ3n) is 2.68. The summed E-state index contributed by atoms with van der Waals surface area (Å²) in [5.41, 5.74) is 4.24. The lowest BCUT2D eigenvalue weighted by atomic mass is 10.1. The minimum absolute atomic E-state index is 0.925. The number of hydrogen-bond acceptors (Lipinski definition) is 0. The van der Waals surface area contributed by atoms with E-state index in [-0.39, 0.29) is 0 Å². The Hall–Kier alpha value is -1.22. The molecule has 0 amide bonds. The molecular formula is C15H20. The molecule has 0 heterocycles. The quantitative estimate of drug-likeness (QED) is 0.455. The highest BCUT2D eigenvalue weighted by molar-refractivity contribution is 5.47. The lowest BCUT2D eigenvalue weighted by molar-refractivity contribution is 0.695. The maximum absolute atomic E-state index is 5.21. The molecule has 0 spiro atoms. The topological polar surface area (TPSA) is 0 Å². The summed E-state index contributed by atoms with van der Waals surface area (Å²) in [4.78, 5) is 0. The van der Waals surface area contributed by atoms with E-state index in [0.717, 1.165) is 6.42 Å². The second-order valence-corrected chi connectivity index (χ2v) is 4.27. The maximum atomic E-state index is 5.21. The average molecular weight is 200 g/mol. The Kier molecular flexibility index (Phi) is 4.98. The van der Waals surface area contributed by atoms with Gasteiger partial charge in [0.05, 0.1) is 0 Å². The Morgan fingerprint density at radius 2 is 2.00 bits per heavy atom. The Morgan fingerprint density at radius 3 is 2.60 bits per heavy atom. The van der Waals surface area contributed by atoms with E-state index in [1.807, 2.05) is 0 Å². The number of unbranched alkanes of at least 4 members (excludes halogenated alkanes) is 3. The number of hydrogen-bond donors (Lipinski definition) is 0. The van der Waals surface area contributed by atoms with Crippen LogP contribution in [0.4, 0.5) is 0 Å². The van der Waals surface area contributed by atoms with Gasteiger partial charge in [0.2, 0.25) is 0 Å². The molecule has 0 atom stereocenters. The van der Waals surface area contributed by atoms with Gasteiger partial charge in [0.15, 0.2) is 0 Å². The smallest absolute Gasteiger partial charge is 0.00860 e. The van der Waals surface area contributed by atoms with Crippen LogP contribution >= 0.6 is 0 Å². The first-order valence-electron chi connectivity index (χ1n) is 5.73. The zero-order chi connectivity index (χ0) is 11.1. The molecule has 0 bridgehead atoms. The first-order chi connectivity index (χ1) is 7.24. The van der Waals surface area contributed by atoms with Crippen LogP contribution in [0.1, 0.15) is 46.0 Å². The fourth-order valence-corrected chi connectivity index (χ4v) is 1.69. The van der Waals surface area contributed by atoms with Gasteiger partial charge >= 0.3 is 0 Å².